The van der Waals surface area contributed by atoms with Crippen molar-refractivity contribution in [2.75, 3.05) is 6.61 Å². The van der Waals surface area contributed by atoms with E-state index in [-0.39, 0.29) is 0 Å². The summed E-state index contributed by atoms with van der Waals surface area (Å²) >= 11 is 5.25. The summed E-state index contributed by atoms with van der Waals surface area (Å²) in [5.74, 6) is 1.06. The summed E-state index contributed by atoms with van der Waals surface area (Å²) < 4.78 is 15.2. The molecule has 0 saturated carbocycles. The van der Waals surface area contributed by atoms with Crippen LogP contribution in [0.1, 0.15) is 13.8 Å². The van der Waals surface area contributed by atoms with Crippen LogP contribution in [0.3, 0.4) is 0 Å². The summed E-state index contributed by atoms with van der Waals surface area (Å²) in [5, 5.41) is 0. The second-order valence-electron chi connectivity index (χ2n) is 3.54. The lowest BCUT2D eigenvalue weighted by Crippen LogP contribution is -2.29. The molecule has 0 atom stereocenters. The van der Waals surface area contributed by atoms with Gasteiger partial charge in [-0.3, -0.25) is 4.21 Å². The molecule has 0 aliphatic rings. The third-order valence-corrected chi connectivity index (χ3v) is 1.76. The van der Waals surface area contributed by atoms with Crippen LogP contribution < -0.4 is 4.65 Å². The summed E-state index contributed by atoms with van der Waals surface area (Å²) in [5.41, 5.74) is 0. The molecule has 15 heavy (non-hydrogen) atoms. The highest BCUT2D eigenvalue weighted by Gasteiger charge is 2.24. The van der Waals surface area contributed by atoms with Gasteiger partial charge in [0.1, 0.15) is 5.75 Å². The lowest BCUT2D eigenvalue weighted by atomic mass is 10.2. The zero-order valence-corrected chi connectivity index (χ0v) is 9.61. The minimum absolute atomic E-state index is 0.402. The van der Waals surface area contributed by atoms with Gasteiger partial charge in [-0.2, -0.15) is 0 Å². The van der Waals surface area contributed by atoms with E-state index < -0.39 is 7.32 Å². The molecule has 0 saturated heterocycles. The number of hydrogen-bond donors (Lipinski definition) is 0. The number of benzene rings is 1. The first-order valence-electron chi connectivity index (χ1n) is 4.83. The average Bonchev–Trinajstić information content (AvgIpc) is 2.25. The predicted molar refractivity (Wildman–Crippen MR) is 60.6 cm³/mol. The Morgan fingerprint density at radius 2 is 1.93 bits per heavy atom. The van der Waals surface area contributed by atoms with E-state index in [1.165, 1.54) is 0 Å². The lowest BCUT2D eigenvalue weighted by Gasteiger charge is -2.12. The molecule has 0 amide bonds. The second-order valence-corrected chi connectivity index (χ2v) is 3.71. The third kappa shape index (κ3) is 5.07. The second kappa shape index (κ2) is 6.72. The van der Waals surface area contributed by atoms with Gasteiger partial charge in [0.15, 0.2) is 0 Å². The van der Waals surface area contributed by atoms with Crippen molar-refractivity contribution in [3.05, 3.63) is 30.3 Å². The standard InChI is InChI=1S/C10H14BClO3/c1-9(2)8-13-11(15-12)14-10-6-4-3-5-7-10/h3-7,9H,8H2,1-2H3. The molecule has 3 nitrogen and oxygen atoms in total. The highest BCUT2D eigenvalue weighted by atomic mass is 35.5. The normalized spacial score (nSPS) is 10.4. The maximum absolute atomic E-state index is 5.34. The lowest BCUT2D eigenvalue weighted by molar-refractivity contribution is 0.182. The summed E-state index contributed by atoms with van der Waals surface area (Å²) in [4.78, 5) is 0. The Kier molecular flexibility index (Phi) is 5.54. The van der Waals surface area contributed by atoms with E-state index in [0.29, 0.717) is 18.3 Å². The van der Waals surface area contributed by atoms with Gasteiger partial charge in [0, 0.05) is 18.5 Å². The minimum Gasteiger partial charge on any atom is -0.511 e. The molecule has 0 aliphatic heterocycles. The smallest absolute Gasteiger partial charge is 0.511 e. The van der Waals surface area contributed by atoms with Gasteiger partial charge in [0.05, 0.1) is 0 Å². The minimum atomic E-state index is -0.864. The molecule has 0 bridgehead atoms. The Morgan fingerprint density at radius 3 is 2.47 bits per heavy atom. The monoisotopic (exact) mass is 228 g/mol. The maximum atomic E-state index is 5.34. The van der Waals surface area contributed by atoms with Gasteiger partial charge in [-0.1, -0.05) is 32.0 Å². The number of hydrogen-bond acceptors (Lipinski definition) is 3. The molecule has 0 radical (unpaired) electrons. The molecule has 0 fully saturated rings. The van der Waals surface area contributed by atoms with Crippen LogP contribution in [0.5, 0.6) is 5.75 Å². The van der Waals surface area contributed by atoms with Gasteiger partial charge in [-0.15, -0.1) is 0 Å². The average molecular weight is 228 g/mol. The Balaban J connectivity index is 2.40. The van der Waals surface area contributed by atoms with Gasteiger partial charge >= 0.3 is 7.32 Å². The van der Waals surface area contributed by atoms with Crippen LogP contribution in [0.2, 0.25) is 0 Å². The van der Waals surface area contributed by atoms with Crippen molar-refractivity contribution in [2.45, 2.75) is 13.8 Å². The van der Waals surface area contributed by atoms with Crippen LogP contribution in [0.15, 0.2) is 30.3 Å². The van der Waals surface area contributed by atoms with E-state index in [9.17, 15) is 0 Å². The summed E-state index contributed by atoms with van der Waals surface area (Å²) in [7, 11) is -0.864. The number of rotatable bonds is 6. The first-order chi connectivity index (χ1) is 7.22. The van der Waals surface area contributed by atoms with Gasteiger partial charge in [-0.05, 0) is 18.1 Å². The van der Waals surface area contributed by atoms with Crippen molar-refractivity contribution < 1.29 is 13.5 Å². The summed E-state index contributed by atoms with van der Waals surface area (Å²) in [6.45, 7) is 4.60. The van der Waals surface area contributed by atoms with Gasteiger partial charge < -0.3 is 9.31 Å². The molecule has 0 aromatic heterocycles. The Morgan fingerprint density at radius 1 is 1.27 bits per heavy atom. The largest absolute Gasteiger partial charge is 0.730 e. The van der Waals surface area contributed by atoms with Gasteiger partial charge in [0.25, 0.3) is 0 Å². The van der Waals surface area contributed by atoms with Crippen molar-refractivity contribution in [1.29, 1.82) is 0 Å². The highest BCUT2D eigenvalue weighted by Crippen LogP contribution is 2.11. The third-order valence-electron chi connectivity index (χ3n) is 1.61. The van der Waals surface area contributed by atoms with Crippen LogP contribution in [0, 0.1) is 5.92 Å². The molecule has 1 aromatic rings. The molecule has 82 valence electrons. The van der Waals surface area contributed by atoms with Crippen molar-refractivity contribution in [3.8, 4) is 5.75 Å². The van der Waals surface area contributed by atoms with Crippen LogP contribution >= 0.6 is 11.9 Å². The Hall–Kier alpha value is -0.705. The molecule has 0 N–H and O–H groups in total. The van der Waals surface area contributed by atoms with E-state index in [2.05, 4.69) is 4.21 Å². The van der Waals surface area contributed by atoms with Crippen LogP contribution in [0.4, 0.5) is 0 Å². The van der Waals surface area contributed by atoms with E-state index in [1.807, 2.05) is 44.2 Å². The molecule has 1 aromatic carbocycles. The summed E-state index contributed by atoms with van der Waals surface area (Å²) in [6.07, 6.45) is 0. The Labute approximate surface area is 95.6 Å². The zero-order valence-electron chi connectivity index (χ0n) is 8.85. The van der Waals surface area contributed by atoms with Crippen LogP contribution in [0.25, 0.3) is 0 Å². The molecular weight excluding hydrogens is 214 g/mol. The van der Waals surface area contributed by atoms with E-state index in [0.717, 1.165) is 0 Å². The quantitative estimate of drug-likeness (QED) is 0.701. The van der Waals surface area contributed by atoms with Crippen LogP contribution in [-0.2, 0) is 8.86 Å². The molecular formula is C10H14BClO3. The Bertz CT molecular complexity index is 269. The summed E-state index contributed by atoms with van der Waals surface area (Å²) in [6, 6.07) is 9.24. The van der Waals surface area contributed by atoms with E-state index in [4.69, 9.17) is 21.2 Å². The van der Waals surface area contributed by atoms with Crippen molar-refractivity contribution in [1.82, 2.24) is 0 Å². The fourth-order valence-electron chi connectivity index (χ4n) is 0.959. The molecule has 5 heteroatoms. The highest BCUT2D eigenvalue weighted by molar-refractivity contribution is 6.44. The van der Waals surface area contributed by atoms with E-state index in [1.54, 1.807) is 0 Å². The van der Waals surface area contributed by atoms with Gasteiger partial charge in [-0.25, -0.2) is 0 Å². The fourth-order valence-corrected chi connectivity index (χ4v) is 1.05. The number of para-hydroxylation sites is 1. The SMILES string of the molecule is CC(C)COB(OCl)Oc1ccccc1. The zero-order chi connectivity index (χ0) is 11.1. The maximum Gasteiger partial charge on any atom is 0.730 e. The topological polar surface area (TPSA) is 27.7 Å². The predicted octanol–water partition coefficient (Wildman–Crippen LogP) is 2.89. The molecule has 0 unspecified atom stereocenters. The molecule has 0 spiro atoms. The molecule has 1 rings (SSSR count). The number of halogens is 1. The van der Waals surface area contributed by atoms with Crippen molar-refractivity contribution >= 4 is 19.2 Å². The first kappa shape index (κ1) is 12.4. The molecule has 0 heterocycles. The van der Waals surface area contributed by atoms with Crippen molar-refractivity contribution in [2.24, 2.45) is 5.92 Å². The fraction of sp³-hybridized carbons (Fsp3) is 0.400. The molecule has 0 aliphatic carbocycles. The van der Waals surface area contributed by atoms with Gasteiger partial charge in [0.2, 0.25) is 0 Å². The van der Waals surface area contributed by atoms with Crippen molar-refractivity contribution in [3.63, 3.8) is 0 Å². The first-order valence-corrected chi connectivity index (χ1v) is 5.14. The van der Waals surface area contributed by atoms with E-state index >= 15 is 0 Å². The van der Waals surface area contributed by atoms with Crippen LogP contribution in [-0.4, -0.2) is 13.9 Å².